The molecule has 1 aromatic rings. The van der Waals surface area contributed by atoms with Crippen molar-refractivity contribution in [2.75, 3.05) is 0 Å². The molecule has 1 aromatic carbocycles. The van der Waals surface area contributed by atoms with Crippen LogP contribution in [0.3, 0.4) is 0 Å². The Balaban J connectivity index is 3.37. The average Bonchev–Trinajstić information content (AvgIpc) is 2.26. The lowest BCUT2D eigenvalue weighted by Gasteiger charge is -2.04. The Hall–Kier alpha value is -2.41. The third-order valence-corrected chi connectivity index (χ3v) is 2.13. The Labute approximate surface area is 92.4 Å². The van der Waals surface area contributed by atoms with Crippen molar-refractivity contribution in [3.05, 3.63) is 40.5 Å². The van der Waals surface area contributed by atoms with E-state index in [2.05, 4.69) is 0 Å². The van der Waals surface area contributed by atoms with Crippen LogP contribution in [0.15, 0.2) is 18.2 Å². The normalized spacial score (nSPS) is 10.0. The summed E-state index contributed by atoms with van der Waals surface area (Å²) in [6.07, 6.45) is 2.83. The first-order chi connectivity index (χ1) is 7.60. The van der Waals surface area contributed by atoms with Crippen LogP contribution in [0.25, 0.3) is 6.08 Å². The van der Waals surface area contributed by atoms with E-state index in [1.54, 1.807) is 19.1 Å². The van der Waals surface area contributed by atoms with Gasteiger partial charge in [0.2, 0.25) is 0 Å². The van der Waals surface area contributed by atoms with Gasteiger partial charge >= 0.3 is 5.97 Å². The first-order valence-electron chi connectivity index (χ1n) is 4.50. The lowest BCUT2D eigenvalue weighted by molar-refractivity contribution is -0.131. The average molecular weight is 215 g/mol. The minimum Gasteiger partial charge on any atom is -0.478 e. The minimum absolute atomic E-state index is 0.201. The fourth-order valence-corrected chi connectivity index (χ4v) is 1.32. The maximum Gasteiger partial charge on any atom is 0.328 e. The van der Waals surface area contributed by atoms with Crippen LogP contribution in [0.5, 0.6) is 0 Å². The predicted octanol–water partition coefficient (Wildman–Crippen LogP) is 1.78. The molecule has 0 aliphatic rings. The summed E-state index contributed by atoms with van der Waals surface area (Å²) in [7, 11) is 0. The van der Waals surface area contributed by atoms with Crippen LogP contribution >= 0.6 is 0 Å². The monoisotopic (exact) mass is 215 g/mol. The van der Waals surface area contributed by atoms with Gasteiger partial charge in [-0.05, 0) is 24.1 Å². The number of aryl methyl sites for hydroxylation is 1. The van der Waals surface area contributed by atoms with Crippen molar-refractivity contribution < 1.29 is 14.7 Å². The number of benzene rings is 1. The van der Waals surface area contributed by atoms with Crippen molar-refractivity contribution in [2.45, 2.75) is 6.92 Å². The van der Waals surface area contributed by atoms with E-state index in [0.29, 0.717) is 23.0 Å². The molecule has 0 radical (unpaired) electrons. The van der Waals surface area contributed by atoms with Crippen molar-refractivity contribution >= 4 is 18.3 Å². The molecule has 0 saturated carbocycles. The summed E-state index contributed by atoms with van der Waals surface area (Å²) in [5.41, 5.74) is 1.62. The summed E-state index contributed by atoms with van der Waals surface area (Å²) in [6.45, 7) is 1.72. The predicted molar refractivity (Wildman–Crippen MR) is 58.0 cm³/mol. The Morgan fingerprint density at radius 2 is 2.19 bits per heavy atom. The highest BCUT2D eigenvalue weighted by atomic mass is 16.4. The second kappa shape index (κ2) is 4.89. The lowest BCUT2D eigenvalue weighted by Crippen LogP contribution is -1.96. The number of carbonyl (C=O) groups excluding carboxylic acids is 1. The molecule has 1 rings (SSSR count). The van der Waals surface area contributed by atoms with E-state index in [9.17, 15) is 9.59 Å². The van der Waals surface area contributed by atoms with Gasteiger partial charge in [0.1, 0.15) is 6.07 Å². The second-order valence-electron chi connectivity index (χ2n) is 3.16. The van der Waals surface area contributed by atoms with Gasteiger partial charge in [0.25, 0.3) is 0 Å². The molecule has 4 nitrogen and oxygen atoms in total. The summed E-state index contributed by atoms with van der Waals surface area (Å²) >= 11 is 0. The molecule has 0 spiro atoms. The highest BCUT2D eigenvalue weighted by molar-refractivity contribution is 5.88. The van der Waals surface area contributed by atoms with Crippen LogP contribution < -0.4 is 0 Å². The van der Waals surface area contributed by atoms with Crippen LogP contribution in [0.1, 0.15) is 27.0 Å². The largest absolute Gasteiger partial charge is 0.478 e. The Morgan fingerprint density at radius 3 is 2.69 bits per heavy atom. The molecule has 4 heteroatoms. The first kappa shape index (κ1) is 11.7. The number of rotatable bonds is 3. The molecule has 80 valence electrons. The van der Waals surface area contributed by atoms with Crippen molar-refractivity contribution in [3.8, 4) is 6.07 Å². The standard InChI is InChI=1S/C12H9NO3/c1-8-2-3-9(4-5-12(15)16)10(6-13)11(8)7-14/h2-5,7H,1H3,(H,15,16)/b5-4+. The van der Waals surface area contributed by atoms with Gasteiger partial charge in [0.05, 0.1) is 5.56 Å². The third kappa shape index (κ3) is 2.34. The van der Waals surface area contributed by atoms with Gasteiger partial charge in [-0.15, -0.1) is 0 Å². The van der Waals surface area contributed by atoms with Gasteiger partial charge in [0, 0.05) is 11.6 Å². The summed E-state index contributed by atoms with van der Waals surface area (Å²) in [6, 6.07) is 5.19. The molecule has 0 heterocycles. The molecular formula is C12H9NO3. The van der Waals surface area contributed by atoms with Crippen LogP contribution in [0.4, 0.5) is 0 Å². The zero-order chi connectivity index (χ0) is 12.1. The summed E-state index contributed by atoms with van der Waals surface area (Å²) in [5.74, 6) is -1.10. The number of nitrogens with zero attached hydrogens (tertiary/aromatic N) is 1. The summed E-state index contributed by atoms with van der Waals surface area (Å²) in [4.78, 5) is 21.2. The first-order valence-corrected chi connectivity index (χ1v) is 4.50. The van der Waals surface area contributed by atoms with Crippen LogP contribution in [0.2, 0.25) is 0 Å². The van der Waals surface area contributed by atoms with Gasteiger partial charge in [0.15, 0.2) is 6.29 Å². The van der Waals surface area contributed by atoms with E-state index in [1.807, 2.05) is 6.07 Å². The second-order valence-corrected chi connectivity index (χ2v) is 3.16. The molecule has 0 aliphatic carbocycles. The van der Waals surface area contributed by atoms with E-state index in [-0.39, 0.29) is 5.56 Å². The Kier molecular flexibility index (Phi) is 3.57. The van der Waals surface area contributed by atoms with E-state index in [0.717, 1.165) is 6.08 Å². The maximum atomic E-state index is 10.8. The molecular weight excluding hydrogens is 206 g/mol. The zero-order valence-corrected chi connectivity index (χ0v) is 8.60. The number of aldehydes is 1. The molecule has 0 saturated heterocycles. The Morgan fingerprint density at radius 1 is 1.50 bits per heavy atom. The van der Waals surface area contributed by atoms with E-state index < -0.39 is 5.97 Å². The molecule has 0 aromatic heterocycles. The number of nitriles is 1. The molecule has 0 atom stereocenters. The number of carbonyl (C=O) groups is 2. The smallest absolute Gasteiger partial charge is 0.328 e. The highest BCUT2D eigenvalue weighted by Gasteiger charge is 2.08. The maximum absolute atomic E-state index is 10.8. The van der Waals surface area contributed by atoms with Crippen molar-refractivity contribution in [3.63, 3.8) is 0 Å². The van der Waals surface area contributed by atoms with Crippen molar-refractivity contribution in [1.82, 2.24) is 0 Å². The van der Waals surface area contributed by atoms with E-state index in [4.69, 9.17) is 10.4 Å². The number of carboxylic acid groups (broad SMARTS) is 1. The summed E-state index contributed by atoms with van der Waals surface area (Å²) in [5, 5.41) is 17.4. The molecule has 0 unspecified atom stereocenters. The SMILES string of the molecule is Cc1ccc(/C=C/C(=O)O)c(C#N)c1C=O. The van der Waals surface area contributed by atoms with E-state index >= 15 is 0 Å². The molecule has 1 N–H and O–H groups in total. The molecule has 16 heavy (non-hydrogen) atoms. The fraction of sp³-hybridized carbons (Fsp3) is 0.0833. The molecule has 0 bridgehead atoms. The van der Waals surface area contributed by atoms with Gasteiger partial charge < -0.3 is 5.11 Å². The highest BCUT2D eigenvalue weighted by Crippen LogP contribution is 2.17. The van der Waals surface area contributed by atoms with Gasteiger partial charge in [-0.3, -0.25) is 4.79 Å². The van der Waals surface area contributed by atoms with Crippen molar-refractivity contribution in [1.29, 1.82) is 5.26 Å². The molecule has 0 fully saturated rings. The van der Waals surface area contributed by atoms with Gasteiger partial charge in [-0.1, -0.05) is 12.1 Å². The van der Waals surface area contributed by atoms with Crippen LogP contribution in [-0.4, -0.2) is 17.4 Å². The minimum atomic E-state index is -1.10. The van der Waals surface area contributed by atoms with E-state index in [1.165, 1.54) is 6.08 Å². The number of hydrogen-bond donors (Lipinski definition) is 1. The molecule has 0 aliphatic heterocycles. The number of aliphatic carboxylic acids is 1. The van der Waals surface area contributed by atoms with Crippen LogP contribution in [0, 0.1) is 18.3 Å². The van der Waals surface area contributed by atoms with Gasteiger partial charge in [-0.25, -0.2) is 4.79 Å². The van der Waals surface area contributed by atoms with Crippen LogP contribution in [-0.2, 0) is 4.79 Å². The zero-order valence-electron chi connectivity index (χ0n) is 8.60. The molecule has 0 amide bonds. The topological polar surface area (TPSA) is 78.2 Å². The summed E-state index contributed by atoms with van der Waals surface area (Å²) < 4.78 is 0. The third-order valence-electron chi connectivity index (χ3n) is 2.13. The lowest BCUT2D eigenvalue weighted by atomic mass is 9.98. The van der Waals surface area contributed by atoms with Crippen molar-refractivity contribution in [2.24, 2.45) is 0 Å². The fourth-order valence-electron chi connectivity index (χ4n) is 1.32. The number of carboxylic acids is 1. The van der Waals surface area contributed by atoms with Gasteiger partial charge in [-0.2, -0.15) is 5.26 Å². The Bertz CT molecular complexity index is 510. The number of hydrogen-bond acceptors (Lipinski definition) is 3. The quantitative estimate of drug-likeness (QED) is 0.615.